The molecule has 0 aliphatic carbocycles. The molecule has 9 heteroatoms. The fourth-order valence-electron chi connectivity index (χ4n) is 3.67. The highest BCUT2D eigenvalue weighted by molar-refractivity contribution is 7.89. The quantitative estimate of drug-likeness (QED) is 0.527. The molecule has 1 unspecified atom stereocenters. The van der Waals surface area contributed by atoms with Crippen molar-refractivity contribution in [2.24, 2.45) is 0 Å². The Balaban J connectivity index is 1.66. The molecule has 1 amide bonds. The third-order valence-corrected chi connectivity index (χ3v) is 7.15. The zero-order chi connectivity index (χ0) is 22.3. The minimum absolute atomic E-state index is 0.00946. The smallest absolute Gasteiger partial charge is 0.251 e. The first-order valence-electron chi connectivity index (χ1n) is 10.3. The largest absolute Gasteiger partial charge is 0.383 e. The van der Waals surface area contributed by atoms with Crippen LogP contribution in [0.25, 0.3) is 0 Å². The highest BCUT2D eigenvalue weighted by Crippen LogP contribution is 2.29. The molecule has 3 rings (SSSR count). The lowest BCUT2D eigenvalue weighted by Gasteiger charge is -2.29. The molecule has 2 aromatic rings. The number of hydrogen-bond acceptors (Lipinski definition) is 5. The van der Waals surface area contributed by atoms with Gasteiger partial charge in [-0.25, -0.2) is 13.1 Å². The number of rotatable bonds is 10. The maximum Gasteiger partial charge on any atom is 0.251 e. The number of nitrogens with zero attached hydrogens (tertiary/aromatic N) is 1. The predicted molar refractivity (Wildman–Crippen MR) is 121 cm³/mol. The van der Waals surface area contributed by atoms with Gasteiger partial charge in [0.1, 0.15) is 0 Å². The van der Waals surface area contributed by atoms with Gasteiger partial charge in [0, 0.05) is 30.8 Å². The van der Waals surface area contributed by atoms with Gasteiger partial charge in [-0.2, -0.15) is 0 Å². The highest BCUT2D eigenvalue weighted by Gasteiger charge is 2.25. The minimum atomic E-state index is -3.64. The Morgan fingerprint density at radius 1 is 1.13 bits per heavy atom. The summed E-state index contributed by atoms with van der Waals surface area (Å²) in [6.45, 7) is 2.81. The van der Waals surface area contributed by atoms with Crippen LogP contribution in [0.15, 0.2) is 53.4 Å². The van der Waals surface area contributed by atoms with Crippen molar-refractivity contribution >= 4 is 27.5 Å². The highest BCUT2D eigenvalue weighted by atomic mass is 35.5. The summed E-state index contributed by atoms with van der Waals surface area (Å²) in [7, 11) is -2.13. The second kappa shape index (κ2) is 11.1. The van der Waals surface area contributed by atoms with Crippen LogP contribution in [0, 0.1) is 0 Å². The molecule has 2 N–H and O–H groups in total. The van der Waals surface area contributed by atoms with Gasteiger partial charge >= 0.3 is 0 Å². The summed E-state index contributed by atoms with van der Waals surface area (Å²) in [5, 5.41) is 3.67. The average Bonchev–Trinajstić information content (AvgIpc) is 3.30. The lowest BCUT2D eigenvalue weighted by atomic mass is 10.0. The first-order valence-corrected chi connectivity index (χ1v) is 12.1. The van der Waals surface area contributed by atoms with Crippen molar-refractivity contribution in [1.29, 1.82) is 0 Å². The van der Waals surface area contributed by atoms with Crippen molar-refractivity contribution < 1.29 is 17.9 Å². The molecule has 168 valence electrons. The van der Waals surface area contributed by atoms with Crippen molar-refractivity contribution in [1.82, 2.24) is 14.9 Å². The van der Waals surface area contributed by atoms with Crippen LogP contribution in [0.1, 0.15) is 34.8 Å². The molecule has 0 saturated carbocycles. The van der Waals surface area contributed by atoms with Gasteiger partial charge in [0.25, 0.3) is 5.91 Å². The maximum absolute atomic E-state index is 12.7. The Morgan fingerprint density at radius 3 is 2.45 bits per heavy atom. The summed E-state index contributed by atoms with van der Waals surface area (Å²) in [5.74, 6) is -0.257. The number of hydrogen-bond donors (Lipinski definition) is 2. The Bertz CT molecular complexity index is 977. The molecule has 0 aromatic heterocycles. The van der Waals surface area contributed by atoms with Crippen LogP contribution in [0.4, 0.5) is 0 Å². The van der Waals surface area contributed by atoms with Crippen LogP contribution in [0.2, 0.25) is 5.02 Å². The van der Waals surface area contributed by atoms with E-state index in [1.165, 1.54) is 31.4 Å². The topological polar surface area (TPSA) is 87.7 Å². The number of likely N-dealkylation sites (tertiary alicyclic amines) is 1. The first-order chi connectivity index (χ1) is 14.9. The predicted octanol–water partition coefficient (Wildman–Crippen LogP) is 2.83. The van der Waals surface area contributed by atoms with Gasteiger partial charge in [-0.1, -0.05) is 29.8 Å². The van der Waals surface area contributed by atoms with E-state index in [2.05, 4.69) is 14.9 Å². The maximum atomic E-state index is 12.7. The first kappa shape index (κ1) is 23.7. The molecule has 1 aliphatic heterocycles. The van der Waals surface area contributed by atoms with Crippen LogP contribution in [0.3, 0.4) is 0 Å². The Kier molecular flexibility index (Phi) is 8.45. The molecule has 31 heavy (non-hydrogen) atoms. The van der Waals surface area contributed by atoms with Crippen molar-refractivity contribution in [2.75, 3.05) is 39.9 Å². The fraction of sp³-hybridized carbons (Fsp3) is 0.409. The summed E-state index contributed by atoms with van der Waals surface area (Å²) in [6.07, 6.45) is 2.26. The molecular weight excluding hydrogens is 438 g/mol. The van der Waals surface area contributed by atoms with Crippen LogP contribution in [-0.2, 0) is 14.8 Å². The van der Waals surface area contributed by atoms with Crippen LogP contribution < -0.4 is 10.0 Å². The molecule has 1 saturated heterocycles. The second-order valence-corrected chi connectivity index (χ2v) is 9.58. The summed E-state index contributed by atoms with van der Waals surface area (Å²) in [4.78, 5) is 15.1. The third kappa shape index (κ3) is 6.27. The monoisotopic (exact) mass is 465 g/mol. The van der Waals surface area contributed by atoms with E-state index in [1.807, 2.05) is 24.3 Å². The van der Waals surface area contributed by atoms with Gasteiger partial charge in [0.05, 0.1) is 17.5 Å². The van der Waals surface area contributed by atoms with Crippen LogP contribution >= 0.6 is 11.6 Å². The molecule has 2 aromatic carbocycles. The van der Waals surface area contributed by atoms with Crippen molar-refractivity contribution in [3.8, 4) is 0 Å². The van der Waals surface area contributed by atoms with E-state index in [0.29, 0.717) is 17.1 Å². The molecule has 1 fully saturated rings. The standard InChI is InChI=1S/C22H28ClN3O4S/c1-30-15-12-25-31(28,29)18-10-8-17(9-11-18)22(27)24-16-21(26-13-4-5-14-26)19-6-2-3-7-20(19)23/h2-3,6-11,21,25H,4-5,12-16H2,1H3,(H,24,27). The Labute approximate surface area is 188 Å². The minimum Gasteiger partial charge on any atom is -0.383 e. The summed E-state index contributed by atoms with van der Waals surface area (Å²) >= 11 is 6.43. The van der Waals surface area contributed by atoms with Crippen molar-refractivity contribution in [3.05, 3.63) is 64.7 Å². The van der Waals surface area contributed by atoms with Gasteiger partial charge in [0.2, 0.25) is 10.0 Å². The van der Waals surface area contributed by atoms with E-state index in [-0.39, 0.29) is 30.0 Å². The number of benzene rings is 2. The molecule has 1 atom stereocenters. The molecule has 7 nitrogen and oxygen atoms in total. The number of halogens is 1. The number of sulfonamides is 1. The van der Waals surface area contributed by atoms with E-state index in [0.717, 1.165) is 31.5 Å². The van der Waals surface area contributed by atoms with Gasteiger partial charge in [0.15, 0.2) is 0 Å². The zero-order valence-corrected chi connectivity index (χ0v) is 19.1. The number of nitrogens with one attached hydrogen (secondary N) is 2. The van der Waals surface area contributed by atoms with Crippen molar-refractivity contribution in [2.45, 2.75) is 23.8 Å². The number of methoxy groups -OCH3 is 1. The zero-order valence-electron chi connectivity index (χ0n) is 17.5. The van der Waals surface area contributed by atoms with Gasteiger partial charge in [-0.05, 0) is 61.8 Å². The summed E-state index contributed by atoms with van der Waals surface area (Å²) in [6, 6.07) is 13.6. The van der Waals surface area contributed by atoms with Crippen LogP contribution in [0.5, 0.6) is 0 Å². The third-order valence-electron chi connectivity index (χ3n) is 5.33. The van der Waals surface area contributed by atoms with Crippen molar-refractivity contribution in [3.63, 3.8) is 0 Å². The number of carbonyl (C=O) groups excluding carboxylic acids is 1. The van der Waals surface area contributed by atoms with Gasteiger partial charge in [-0.15, -0.1) is 0 Å². The lowest BCUT2D eigenvalue weighted by Crippen LogP contribution is -2.37. The molecule has 1 heterocycles. The van der Waals surface area contributed by atoms with E-state index in [4.69, 9.17) is 16.3 Å². The van der Waals surface area contributed by atoms with E-state index in [9.17, 15) is 13.2 Å². The van der Waals surface area contributed by atoms with E-state index < -0.39 is 10.0 Å². The number of carbonyl (C=O) groups is 1. The number of ether oxygens (including phenoxy) is 1. The van der Waals surface area contributed by atoms with E-state index in [1.54, 1.807) is 0 Å². The molecule has 0 spiro atoms. The number of amides is 1. The second-order valence-electron chi connectivity index (χ2n) is 7.41. The molecule has 1 aliphatic rings. The normalized spacial score (nSPS) is 15.7. The summed E-state index contributed by atoms with van der Waals surface area (Å²) in [5.41, 5.74) is 1.39. The summed E-state index contributed by atoms with van der Waals surface area (Å²) < 4.78 is 31.8. The average molecular weight is 466 g/mol. The van der Waals surface area contributed by atoms with Crippen LogP contribution in [-0.4, -0.2) is 59.1 Å². The van der Waals surface area contributed by atoms with Gasteiger partial charge in [-0.3, -0.25) is 9.69 Å². The molecule has 0 bridgehead atoms. The Morgan fingerprint density at radius 2 is 1.81 bits per heavy atom. The SMILES string of the molecule is COCCNS(=O)(=O)c1ccc(C(=O)NCC(c2ccccc2Cl)N2CCCC2)cc1. The molecular formula is C22H28ClN3O4S. The van der Waals surface area contributed by atoms with Gasteiger partial charge < -0.3 is 10.1 Å². The van der Waals surface area contributed by atoms with E-state index >= 15 is 0 Å². The lowest BCUT2D eigenvalue weighted by molar-refractivity contribution is 0.0938. The fourth-order valence-corrected chi connectivity index (χ4v) is 4.95. The molecule has 0 radical (unpaired) electrons. The Hall–Kier alpha value is -1.97.